The molecule has 1 unspecified atom stereocenters. The Labute approximate surface area is 242 Å². The molecule has 1 aromatic heterocycles. The predicted molar refractivity (Wildman–Crippen MR) is 158 cm³/mol. The fraction of sp³-hybridized carbons (Fsp3) is 0.226. The van der Waals surface area contributed by atoms with Gasteiger partial charge in [0.2, 0.25) is 5.95 Å². The highest BCUT2D eigenvalue weighted by atomic mass is 35.5. The summed E-state index contributed by atoms with van der Waals surface area (Å²) in [6, 6.07) is 17.7. The van der Waals surface area contributed by atoms with Gasteiger partial charge in [-0.25, -0.2) is 14.4 Å². The molecule has 0 radical (unpaired) electrons. The standard InChI is InChI=1S/C31H28ClFN6O2/c1-34-22-12-13-39(17-22)30(40)18-6-9-21(10-7-18)37-31-36-16-19-15-35-29(27-25(33)4-3-5-26(27)41-2)24-14-20(32)8-11-23(24)28(19)38-31/h3-11,14,16,22,34H,12-13,15,17H2,1-2H3,(H,36,37,38). The number of aromatic nitrogens is 2. The van der Waals surface area contributed by atoms with Crippen molar-refractivity contribution in [1.29, 1.82) is 0 Å². The molecule has 2 N–H and O–H groups in total. The first-order chi connectivity index (χ1) is 19.9. The Kier molecular flexibility index (Phi) is 7.38. The SMILES string of the molecule is CNC1CCN(C(=O)c2ccc(Nc3ncc4c(n3)-c3ccc(Cl)cc3C(c3c(F)cccc3OC)=NC4)cc2)C1. The maximum atomic E-state index is 15.1. The summed E-state index contributed by atoms with van der Waals surface area (Å²) in [5, 5.41) is 6.97. The van der Waals surface area contributed by atoms with Crippen LogP contribution in [0.1, 0.15) is 33.5 Å². The van der Waals surface area contributed by atoms with E-state index in [1.807, 2.05) is 30.1 Å². The Bertz CT molecular complexity index is 1660. The van der Waals surface area contributed by atoms with E-state index in [0.717, 1.165) is 29.8 Å². The van der Waals surface area contributed by atoms with Crippen LogP contribution in [0.15, 0.2) is 71.9 Å². The van der Waals surface area contributed by atoms with E-state index in [0.29, 0.717) is 51.8 Å². The van der Waals surface area contributed by atoms with Crippen molar-refractivity contribution in [3.63, 3.8) is 0 Å². The number of methoxy groups -OCH3 is 1. The van der Waals surface area contributed by atoms with Gasteiger partial charge in [-0.15, -0.1) is 0 Å². The number of halogens is 2. The third-order valence-corrected chi connectivity index (χ3v) is 7.70. The van der Waals surface area contributed by atoms with Gasteiger partial charge in [0.25, 0.3) is 5.91 Å². The van der Waals surface area contributed by atoms with Crippen LogP contribution in [-0.2, 0) is 6.54 Å². The number of aliphatic imine (C=N–C) groups is 1. The number of hydrogen-bond donors (Lipinski definition) is 2. The second-order valence-electron chi connectivity index (χ2n) is 9.97. The van der Waals surface area contributed by atoms with E-state index in [2.05, 4.69) is 15.6 Å². The summed E-state index contributed by atoms with van der Waals surface area (Å²) in [4.78, 5) is 28.9. The molecule has 1 atom stereocenters. The molecule has 41 heavy (non-hydrogen) atoms. The lowest BCUT2D eigenvalue weighted by atomic mass is 9.94. The van der Waals surface area contributed by atoms with E-state index in [-0.39, 0.29) is 18.0 Å². The molecule has 0 aliphatic carbocycles. The van der Waals surface area contributed by atoms with Gasteiger partial charge in [0.05, 0.1) is 30.6 Å². The summed E-state index contributed by atoms with van der Waals surface area (Å²) in [5.74, 6) is 0.338. The first kappa shape index (κ1) is 26.9. The molecule has 1 fully saturated rings. The number of nitrogens with one attached hydrogen (secondary N) is 2. The Morgan fingerprint density at radius 1 is 1.12 bits per heavy atom. The monoisotopic (exact) mass is 570 g/mol. The van der Waals surface area contributed by atoms with E-state index in [1.165, 1.54) is 13.2 Å². The zero-order chi connectivity index (χ0) is 28.5. The lowest BCUT2D eigenvalue weighted by Crippen LogP contribution is -2.33. The summed E-state index contributed by atoms with van der Waals surface area (Å²) >= 11 is 6.40. The van der Waals surface area contributed by atoms with Crippen molar-refractivity contribution in [3.05, 3.63) is 100.0 Å². The minimum absolute atomic E-state index is 0.0214. The summed E-state index contributed by atoms with van der Waals surface area (Å²) in [6.07, 6.45) is 2.67. The van der Waals surface area contributed by atoms with Crippen molar-refractivity contribution in [3.8, 4) is 17.0 Å². The first-order valence-corrected chi connectivity index (χ1v) is 13.7. The fourth-order valence-corrected chi connectivity index (χ4v) is 5.46. The van der Waals surface area contributed by atoms with E-state index in [9.17, 15) is 4.79 Å². The highest BCUT2D eigenvalue weighted by molar-refractivity contribution is 6.31. The molecular weight excluding hydrogens is 543 g/mol. The number of fused-ring (bicyclic) bond motifs is 3. The molecule has 8 nitrogen and oxygen atoms in total. The number of amides is 1. The average molecular weight is 571 g/mol. The van der Waals surface area contributed by atoms with Gasteiger partial charge >= 0.3 is 0 Å². The second kappa shape index (κ2) is 11.3. The van der Waals surface area contributed by atoms with Crippen LogP contribution in [0, 0.1) is 5.82 Å². The smallest absolute Gasteiger partial charge is 0.253 e. The quantitative estimate of drug-likeness (QED) is 0.319. The molecule has 0 bridgehead atoms. The molecule has 3 heterocycles. The fourth-order valence-electron chi connectivity index (χ4n) is 5.29. The number of likely N-dealkylation sites (N-methyl/N-ethyl adjacent to an activating group) is 1. The minimum Gasteiger partial charge on any atom is -0.496 e. The van der Waals surface area contributed by atoms with Gasteiger partial charge in [0.15, 0.2) is 0 Å². The van der Waals surface area contributed by atoms with Crippen LogP contribution in [0.2, 0.25) is 5.02 Å². The Hall–Kier alpha value is -4.34. The largest absolute Gasteiger partial charge is 0.496 e. The van der Waals surface area contributed by atoms with Crippen LogP contribution < -0.4 is 15.4 Å². The van der Waals surface area contributed by atoms with Crippen LogP contribution in [-0.4, -0.2) is 59.8 Å². The number of carbonyl (C=O) groups excluding carboxylic acids is 1. The molecule has 4 aromatic rings. The molecule has 208 valence electrons. The number of benzene rings is 3. The Morgan fingerprint density at radius 3 is 2.71 bits per heavy atom. The lowest BCUT2D eigenvalue weighted by Gasteiger charge is -2.17. The van der Waals surface area contributed by atoms with Gasteiger partial charge in [0, 0.05) is 58.3 Å². The van der Waals surface area contributed by atoms with E-state index in [1.54, 1.807) is 42.6 Å². The number of anilines is 2. The van der Waals surface area contributed by atoms with Crippen LogP contribution >= 0.6 is 11.6 Å². The topological polar surface area (TPSA) is 91.7 Å². The number of carbonyl (C=O) groups is 1. The van der Waals surface area contributed by atoms with Gasteiger partial charge in [0.1, 0.15) is 11.6 Å². The van der Waals surface area contributed by atoms with Crippen molar-refractivity contribution in [1.82, 2.24) is 20.2 Å². The molecule has 0 saturated carbocycles. The third-order valence-electron chi connectivity index (χ3n) is 7.47. The summed E-state index contributed by atoms with van der Waals surface area (Å²) in [7, 11) is 3.42. The maximum Gasteiger partial charge on any atom is 0.253 e. The van der Waals surface area contributed by atoms with Crippen LogP contribution in [0.4, 0.5) is 16.0 Å². The average Bonchev–Trinajstić information content (AvgIpc) is 3.42. The first-order valence-electron chi connectivity index (χ1n) is 13.3. The minimum atomic E-state index is -0.443. The molecule has 0 spiro atoms. The number of likely N-dealkylation sites (tertiary alicyclic amines) is 1. The maximum absolute atomic E-state index is 15.1. The van der Waals surface area contributed by atoms with Crippen molar-refractivity contribution in [2.75, 3.05) is 32.6 Å². The van der Waals surface area contributed by atoms with Gasteiger partial charge < -0.3 is 20.3 Å². The predicted octanol–water partition coefficient (Wildman–Crippen LogP) is 5.47. The normalized spacial score (nSPS) is 16.0. The molecular formula is C31H28ClFN6O2. The number of ether oxygens (including phenoxy) is 1. The molecule has 1 amide bonds. The van der Waals surface area contributed by atoms with Crippen molar-refractivity contribution in [2.24, 2.45) is 4.99 Å². The molecule has 1 saturated heterocycles. The highest BCUT2D eigenvalue weighted by Gasteiger charge is 2.27. The molecule has 6 rings (SSSR count). The van der Waals surface area contributed by atoms with Crippen molar-refractivity contribution < 1.29 is 13.9 Å². The molecule has 10 heteroatoms. The Morgan fingerprint density at radius 2 is 1.95 bits per heavy atom. The number of rotatable bonds is 6. The van der Waals surface area contributed by atoms with E-state index < -0.39 is 5.82 Å². The van der Waals surface area contributed by atoms with Gasteiger partial charge in [-0.2, -0.15) is 0 Å². The van der Waals surface area contributed by atoms with Crippen LogP contribution in [0.5, 0.6) is 5.75 Å². The van der Waals surface area contributed by atoms with Gasteiger partial charge in [-0.05, 0) is 62.0 Å². The second-order valence-corrected chi connectivity index (χ2v) is 10.4. The number of nitrogens with zero attached hydrogens (tertiary/aromatic N) is 4. The highest BCUT2D eigenvalue weighted by Crippen LogP contribution is 2.36. The van der Waals surface area contributed by atoms with Crippen LogP contribution in [0.25, 0.3) is 11.3 Å². The third kappa shape index (κ3) is 5.26. The van der Waals surface area contributed by atoms with Crippen LogP contribution in [0.3, 0.4) is 0 Å². The number of hydrogen-bond acceptors (Lipinski definition) is 7. The molecule has 3 aromatic carbocycles. The van der Waals surface area contributed by atoms with Gasteiger partial charge in [-0.1, -0.05) is 23.7 Å². The summed E-state index contributed by atoms with van der Waals surface area (Å²) in [5.41, 5.74) is 4.94. The summed E-state index contributed by atoms with van der Waals surface area (Å²) < 4.78 is 20.6. The zero-order valence-electron chi connectivity index (χ0n) is 22.6. The Balaban J connectivity index is 1.30. The van der Waals surface area contributed by atoms with E-state index in [4.69, 9.17) is 26.3 Å². The molecule has 2 aliphatic rings. The lowest BCUT2D eigenvalue weighted by molar-refractivity contribution is 0.0789. The zero-order valence-corrected chi connectivity index (χ0v) is 23.4. The van der Waals surface area contributed by atoms with E-state index >= 15 is 4.39 Å². The summed E-state index contributed by atoms with van der Waals surface area (Å²) in [6.45, 7) is 1.70. The van der Waals surface area contributed by atoms with Crippen molar-refractivity contribution in [2.45, 2.75) is 19.0 Å². The molecule has 2 aliphatic heterocycles. The van der Waals surface area contributed by atoms with Gasteiger partial charge in [-0.3, -0.25) is 9.79 Å². The van der Waals surface area contributed by atoms with Crippen molar-refractivity contribution >= 4 is 34.9 Å².